The third-order valence-corrected chi connectivity index (χ3v) is 3.59. The molecule has 0 aliphatic rings. The normalized spacial score (nSPS) is 13.3. The first kappa shape index (κ1) is 16.0. The molecule has 0 bridgehead atoms. The maximum absolute atomic E-state index is 10.2. The van der Waals surface area contributed by atoms with Gasteiger partial charge in [-0.2, -0.15) is 0 Å². The summed E-state index contributed by atoms with van der Waals surface area (Å²) in [5, 5.41) is 22.6. The zero-order valence-corrected chi connectivity index (χ0v) is 11.9. The van der Waals surface area contributed by atoms with Gasteiger partial charge in [0.05, 0.1) is 5.60 Å². The van der Waals surface area contributed by atoms with Gasteiger partial charge in [0.1, 0.15) is 6.23 Å². The fourth-order valence-electron chi connectivity index (χ4n) is 1.92. The van der Waals surface area contributed by atoms with Gasteiger partial charge in [-0.25, -0.2) is 0 Å². The molecule has 0 fully saturated rings. The maximum atomic E-state index is 10.2. The van der Waals surface area contributed by atoms with Crippen molar-refractivity contribution in [2.24, 2.45) is 5.73 Å². The summed E-state index contributed by atoms with van der Waals surface area (Å²) in [6.45, 7) is 4.53. The van der Waals surface area contributed by atoms with Gasteiger partial charge in [0.2, 0.25) is 0 Å². The predicted molar refractivity (Wildman–Crippen MR) is 79.0 cm³/mol. The van der Waals surface area contributed by atoms with Gasteiger partial charge in [-0.3, -0.25) is 0 Å². The number of hydrogen-bond acceptors (Lipinski definition) is 4. The average molecular weight is 266 g/mol. The van der Waals surface area contributed by atoms with Crippen LogP contribution < -0.4 is 11.1 Å². The molecule has 108 valence electrons. The monoisotopic (exact) mass is 266 g/mol. The molecular formula is C15H26N2O2. The Morgan fingerprint density at radius 2 is 2.00 bits per heavy atom. The van der Waals surface area contributed by atoms with Crippen molar-refractivity contribution < 1.29 is 10.2 Å². The van der Waals surface area contributed by atoms with E-state index >= 15 is 0 Å². The molecule has 1 atom stereocenters. The molecule has 1 rings (SSSR count). The smallest absolute Gasteiger partial charge is 0.102 e. The van der Waals surface area contributed by atoms with Gasteiger partial charge in [0, 0.05) is 12.2 Å². The zero-order valence-electron chi connectivity index (χ0n) is 11.9. The van der Waals surface area contributed by atoms with E-state index in [0.29, 0.717) is 13.0 Å². The molecule has 0 spiro atoms. The van der Waals surface area contributed by atoms with Crippen molar-refractivity contribution in [3.63, 3.8) is 0 Å². The lowest BCUT2D eigenvalue weighted by molar-refractivity contribution is 0.0457. The summed E-state index contributed by atoms with van der Waals surface area (Å²) in [7, 11) is 0. The van der Waals surface area contributed by atoms with Crippen molar-refractivity contribution in [1.29, 1.82) is 0 Å². The summed E-state index contributed by atoms with van der Waals surface area (Å²) >= 11 is 0. The lowest BCUT2D eigenvalue weighted by atomic mass is 9.97. The van der Waals surface area contributed by atoms with Crippen LogP contribution in [0.15, 0.2) is 24.3 Å². The summed E-state index contributed by atoms with van der Waals surface area (Å²) in [4.78, 5) is 0. The number of hydrogen-bond donors (Lipinski definition) is 4. The summed E-state index contributed by atoms with van der Waals surface area (Å²) in [5.41, 5.74) is 6.81. The Morgan fingerprint density at radius 3 is 2.58 bits per heavy atom. The second-order valence-corrected chi connectivity index (χ2v) is 5.09. The minimum Gasteiger partial charge on any atom is -0.388 e. The van der Waals surface area contributed by atoms with Crippen LogP contribution in [0.2, 0.25) is 0 Å². The highest BCUT2D eigenvalue weighted by Crippen LogP contribution is 2.18. The molecule has 0 heterocycles. The highest BCUT2D eigenvalue weighted by Gasteiger charge is 2.21. The van der Waals surface area contributed by atoms with Crippen LogP contribution in [0.1, 0.15) is 38.7 Å². The summed E-state index contributed by atoms with van der Waals surface area (Å²) in [5.74, 6) is 0. The Labute approximate surface area is 115 Å². The highest BCUT2D eigenvalue weighted by molar-refractivity contribution is 5.46. The van der Waals surface area contributed by atoms with E-state index in [2.05, 4.69) is 5.32 Å². The van der Waals surface area contributed by atoms with Crippen LogP contribution in [0.25, 0.3) is 0 Å². The molecule has 5 N–H and O–H groups in total. The fraction of sp³-hybridized carbons (Fsp3) is 0.600. The van der Waals surface area contributed by atoms with Crippen LogP contribution >= 0.6 is 0 Å². The Kier molecular flexibility index (Phi) is 6.28. The van der Waals surface area contributed by atoms with E-state index in [0.717, 1.165) is 30.5 Å². The molecule has 4 nitrogen and oxygen atoms in total. The van der Waals surface area contributed by atoms with E-state index in [-0.39, 0.29) is 0 Å². The molecule has 1 aromatic rings. The van der Waals surface area contributed by atoms with Crippen molar-refractivity contribution in [3.8, 4) is 0 Å². The van der Waals surface area contributed by atoms with E-state index in [9.17, 15) is 5.11 Å². The third-order valence-electron chi connectivity index (χ3n) is 3.59. The van der Waals surface area contributed by atoms with E-state index in [1.807, 2.05) is 38.1 Å². The number of anilines is 1. The van der Waals surface area contributed by atoms with Gasteiger partial charge >= 0.3 is 0 Å². The van der Waals surface area contributed by atoms with Crippen LogP contribution in [0.5, 0.6) is 0 Å². The predicted octanol–water partition coefficient (Wildman–Crippen LogP) is 1.86. The van der Waals surface area contributed by atoms with Crippen LogP contribution in [-0.2, 0) is 6.42 Å². The lowest BCUT2D eigenvalue weighted by Gasteiger charge is -2.26. The average Bonchev–Trinajstić information content (AvgIpc) is 2.43. The standard InChI is InChI=1S/C15H26N2O2/c1-3-15(19,4-2)11-17-13-7-5-6-12(10-13)8-9-14(16)18/h5-7,10,14,17-19H,3-4,8-9,11,16H2,1-2H3. The zero-order chi connectivity index (χ0) is 14.3. The second-order valence-electron chi connectivity index (χ2n) is 5.09. The van der Waals surface area contributed by atoms with E-state index < -0.39 is 11.8 Å². The largest absolute Gasteiger partial charge is 0.388 e. The van der Waals surface area contributed by atoms with Crippen LogP contribution in [-0.4, -0.2) is 28.6 Å². The summed E-state index contributed by atoms with van der Waals surface area (Å²) in [6.07, 6.45) is 2.00. The van der Waals surface area contributed by atoms with Crippen LogP contribution in [0.4, 0.5) is 5.69 Å². The number of benzene rings is 1. The fourth-order valence-corrected chi connectivity index (χ4v) is 1.92. The summed E-state index contributed by atoms with van der Waals surface area (Å²) < 4.78 is 0. The highest BCUT2D eigenvalue weighted by atomic mass is 16.3. The first-order valence-electron chi connectivity index (χ1n) is 6.98. The Hall–Kier alpha value is -1.10. The van der Waals surface area contributed by atoms with Crippen molar-refractivity contribution >= 4 is 5.69 Å². The summed E-state index contributed by atoms with van der Waals surface area (Å²) in [6, 6.07) is 8.00. The van der Waals surface area contributed by atoms with Crippen LogP contribution in [0, 0.1) is 0 Å². The number of aliphatic hydroxyl groups is 2. The second kappa shape index (κ2) is 7.48. The molecule has 0 radical (unpaired) electrons. The van der Waals surface area contributed by atoms with Crippen molar-refractivity contribution in [2.75, 3.05) is 11.9 Å². The molecule has 0 aliphatic carbocycles. The lowest BCUT2D eigenvalue weighted by Crippen LogP contribution is -2.35. The number of nitrogens with one attached hydrogen (secondary N) is 1. The molecular weight excluding hydrogens is 240 g/mol. The molecule has 4 heteroatoms. The molecule has 0 aliphatic heterocycles. The quantitative estimate of drug-likeness (QED) is 0.542. The maximum Gasteiger partial charge on any atom is 0.102 e. The Morgan fingerprint density at radius 1 is 1.32 bits per heavy atom. The minimum absolute atomic E-state index is 0.545. The Bertz CT molecular complexity index is 376. The van der Waals surface area contributed by atoms with Gasteiger partial charge in [0.25, 0.3) is 0 Å². The third kappa shape index (κ3) is 5.59. The number of nitrogens with two attached hydrogens (primary N) is 1. The first-order valence-corrected chi connectivity index (χ1v) is 6.98. The Balaban J connectivity index is 2.57. The van der Waals surface area contributed by atoms with E-state index in [4.69, 9.17) is 10.8 Å². The SMILES string of the molecule is CCC(O)(CC)CNc1cccc(CCC(N)O)c1. The molecule has 1 unspecified atom stereocenters. The number of rotatable bonds is 8. The van der Waals surface area contributed by atoms with Gasteiger partial charge in [0.15, 0.2) is 0 Å². The van der Waals surface area contributed by atoms with Gasteiger partial charge in [-0.05, 0) is 43.4 Å². The molecule has 0 amide bonds. The number of aliphatic hydroxyl groups excluding tert-OH is 1. The van der Waals surface area contributed by atoms with Gasteiger partial charge < -0.3 is 21.3 Å². The van der Waals surface area contributed by atoms with Crippen LogP contribution in [0.3, 0.4) is 0 Å². The molecule has 0 saturated carbocycles. The minimum atomic E-state index is -0.762. The molecule has 0 aromatic heterocycles. The topological polar surface area (TPSA) is 78.5 Å². The van der Waals surface area contributed by atoms with Gasteiger partial charge in [-0.1, -0.05) is 26.0 Å². The molecule has 1 aromatic carbocycles. The van der Waals surface area contributed by atoms with E-state index in [1.54, 1.807) is 0 Å². The van der Waals surface area contributed by atoms with Crippen molar-refractivity contribution in [3.05, 3.63) is 29.8 Å². The molecule has 19 heavy (non-hydrogen) atoms. The first-order chi connectivity index (χ1) is 8.99. The number of aryl methyl sites for hydroxylation is 1. The van der Waals surface area contributed by atoms with E-state index in [1.165, 1.54) is 0 Å². The van der Waals surface area contributed by atoms with Crippen molar-refractivity contribution in [1.82, 2.24) is 0 Å². The molecule has 0 saturated heterocycles. The van der Waals surface area contributed by atoms with Gasteiger partial charge in [-0.15, -0.1) is 0 Å². The van der Waals surface area contributed by atoms with Crippen molar-refractivity contribution in [2.45, 2.75) is 51.4 Å².